The van der Waals surface area contributed by atoms with Gasteiger partial charge in [-0.1, -0.05) is 6.07 Å². The van der Waals surface area contributed by atoms with Gasteiger partial charge in [0.05, 0.1) is 20.3 Å². The second kappa shape index (κ2) is 7.40. The first-order valence-corrected chi connectivity index (χ1v) is 9.85. The van der Waals surface area contributed by atoms with E-state index in [1.54, 1.807) is 14.2 Å². The van der Waals surface area contributed by atoms with Crippen molar-refractivity contribution >= 4 is 17.4 Å². The number of amides is 1. The molecule has 2 aromatic rings. The molecule has 27 heavy (non-hydrogen) atoms. The van der Waals surface area contributed by atoms with Crippen LogP contribution in [0, 0.1) is 6.92 Å². The van der Waals surface area contributed by atoms with Crippen molar-refractivity contribution in [3.63, 3.8) is 0 Å². The molecule has 1 aromatic heterocycles. The number of hydrogen-bond acceptors (Lipinski definition) is 6. The fourth-order valence-electron chi connectivity index (χ4n) is 3.86. The summed E-state index contributed by atoms with van der Waals surface area (Å²) >= 11 is 1.83. The molecule has 2 aliphatic rings. The number of carbonyl (C=O) groups is 1. The Morgan fingerprint density at radius 1 is 1.11 bits per heavy atom. The van der Waals surface area contributed by atoms with Crippen molar-refractivity contribution in [2.75, 3.05) is 27.3 Å². The van der Waals surface area contributed by atoms with Gasteiger partial charge in [-0.05, 0) is 36.8 Å². The predicted octanol–water partition coefficient (Wildman–Crippen LogP) is 3.28. The molecule has 0 bridgehead atoms. The Balaban J connectivity index is 1.45. The summed E-state index contributed by atoms with van der Waals surface area (Å²) in [6, 6.07) is 10.2. The van der Waals surface area contributed by atoms with Crippen LogP contribution in [0.3, 0.4) is 0 Å². The third kappa shape index (κ3) is 3.61. The molecule has 0 spiro atoms. The number of aryl methyl sites for hydroxylation is 1. The van der Waals surface area contributed by atoms with Gasteiger partial charge in [0, 0.05) is 35.9 Å². The van der Waals surface area contributed by atoms with Crippen molar-refractivity contribution in [1.29, 1.82) is 0 Å². The molecule has 0 unspecified atom stereocenters. The van der Waals surface area contributed by atoms with E-state index in [0.717, 1.165) is 25.2 Å². The van der Waals surface area contributed by atoms with E-state index in [4.69, 9.17) is 14.2 Å². The quantitative estimate of drug-likeness (QED) is 0.760. The second-order valence-corrected chi connectivity index (χ2v) is 8.39. The van der Waals surface area contributed by atoms with Crippen molar-refractivity contribution in [1.82, 2.24) is 9.80 Å². The molecular weight excluding hydrogens is 364 g/mol. The zero-order valence-corrected chi connectivity index (χ0v) is 16.6. The van der Waals surface area contributed by atoms with Crippen molar-refractivity contribution in [3.8, 4) is 11.5 Å². The van der Waals surface area contributed by atoms with E-state index >= 15 is 0 Å². The lowest BCUT2D eigenvalue weighted by Gasteiger charge is -2.22. The lowest BCUT2D eigenvalue weighted by Crippen LogP contribution is -2.37. The van der Waals surface area contributed by atoms with Gasteiger partial charge in [-0.3, -0.25) is 9.80 Å². The summed E-state index contributed by atoms with van der Waals surface area (Å²) in [7, 11) is 3.23. The molecule has 2 fully saturated rings. The summed E-state index contributed by atoms with van der Waals surface area (Å²) in [5.41, 5.74) is 0.998. The highest BCUT2D eigenvalue weighted by molar-refractivity contribution is 7.11. The molecule has 1 aromatic carbocycles. The third-order valence-corrected chi connectivity index (χ3v) is 6.16. The normalized spacial score (nSPS) is 22.0. The highest BCUT2D eigenvalue weighted by atomic mass is 32.1. The first-order chi connectivity index (χ1) is 13.1. The zero-order valence-electron chi connectivity index (χ0n) is 15.8. The van der Waals surface area contributed by atoms with Crippen LogP contribution in [-0.4, -0.2) is 55.3 Å². The Morgan fingerprint density at radius 2 is 1.93 bits per heavy atom. The van der Waals surface area contributed by atoms with Gasteiger partial charge < -0.3 is 14.2 Å². The minimum absolute atomic E-state index is 0.0568. The van der Waals surface area contributed by atoms with Crippen LogP contribution in [0.5, 0.6) is 11.5 Å². The Kier molecular flexibility index (Phi) is 4.97. The summed E-state index contributed by atoms with van der Waals surface area (Å²) in [6.45, 7) is 5.16. The van der Waals surface area contributed by atoms with Crippen molar-refractivity contribution in [2.45, 2.75) is 32.2 Å². The van der Waals surface area contributed by atoms with Gasteiger partial charge in [0.1, 0.15) is 6.10 Å². The largest absolute Gasteiger partial charge is 0.493 e. The van der Waals surface area contributed by atoms with Gasteiger partial charge in [0.15, 0.2) is 11.5 Å². The number of benzene rings is 1. The summed E-state index contributed by atoms with van der Waals surface area (Å²) < 4.78 is 16.3. The van der Waals surface area contributed by atoms with Gasteiger partial charge in [-0.2, -0.15) is 0 Å². The minimum Gasteiger partial charge on any atom is -0.493 e. The van der Waals surface area contributed by atoms with Gasteiger partial charge >= 0.3 is 6.09 Å². The van der Waals surface area contributed by atoms with Crippen LogP contribution in [0.1, 0.15) is 15.3 Å². The van der Waals surface area contributed by atoms with Gasteiger partial charge in [0.25, 0.3) is 0 Å². The average molecular weight is 388 g/mol. The number of nitrogens with zero attached hydrogens (tertiary/aromatic N) is 2. The molecule has 0 aliphatic carbocycles. The van der Waals surface area contributed by atoms with Crippen LogP contribution in [-0.2, 0) is 17.8 Å². The molecule has 1 amide bonds. The maximum atomic E-state index is 12.4. The van der Waals surface area contributed by atoms with Crippen LogP contribution in [0.25, 0.3) is 0 Å². The van der Waals surface area contributed by atoms with E-state index in [0.29, 0.717) is 18.0 Å². The van der Waals surface area contributed by atoms with Crippen LogP contribution in [0.2, 0.25) is 0 Å². The molecule has 4 rings (SSSR count). The van der Waals surface area contributed by atoms with Crippen molar-refractivity contribution < 1.29 is 19.0 Å². The maximum Gasteiger partial charge on any atom is 0.410 e. The van der Waals surface area contributed by atoms with Gasteiger partial charge in [0.2, 0.25) is 0 Å². The first kappa shape index (κ1) is 18.1. The fourth-order valence-corrected chi connectivity index (χ4v) is 4.79. The summed E-state index contributed by atoms with van der Waals surface area (Å²) in [4.78, 5) is 19.3. The van der Waals surface area contributed by atoms with E-state index in [-0.39, 0.29) is 18.2 Å². The molecule has 0 N–H and O–H groups in total. The molecule has 2 aliphatic heterocycles. The highest BCUT2D eigenvalue weighted by Gasteiger charge is 2.47. The van der Waals surface area contributed by atoms with Crippen LogP contribution in [0.4, 0.5) is 4.79 Å². The highest BCUT2D eigenvalue weighted by Crippen LogP contribution is 2.32. The number of carbonyl (C=O) groups excluding carboxylic acids is 1. The zero-order chi connectivity index (χ0) is 19.0. The SMILES string of the molecule is COc1ccc(CN2C(=O)O[C@@H]3CN(Cc4ccc(C)s4)C[C@@H]32)cc1OC. The molecule has 2 saturated heterocycles. The molecule has 3 heterocycles. The molecule has 0 radical (unpaired) electrons. The second-order valence-electron chi connectivity index (χ2n) is 7.01. The Bertz CT molecular complexity index is 837. The average Bonchev–Trinajstić information content (AvgIpc) is 3.32. The minimum atomic E-state index is -0.230. The lowest BCUT2D eigenvalue weighted by atomic mass is 10.1. The number of fused-ring (bicyclic) bond motifs is 1. The van der Waals surface area contributed by atoms with Crippen LogP contribution in [0.15, 0.2) is 30.3 Å². The van der Waals surface area contributed by atoms with Crippen molar-refractivity contribution in [2.24, 2.45) is 0 Å². The Hall–Kier alpha value is -2.25. The number of rotatable bonds is 6. The number of likely N-dealkylation sites (tertiary alicyclic amines) is 1. The van der Waals surface area contributed by atoms with E-state index < -0.39 is 0 Å². The Labute approximate surface area is 163 Å². The smallest absolute Gasteiger partial charge is 0.410 e. The molecule has 2 atom stereocenters. The fraction of sp³-hybridized carbons (Fsp3) is 0.450. The van der Waals surface area contributed by atoms with E-state index in [9.17, 15) is 4.79 Å². The molecule has 144 valence electrons. The predicted molar refractivity (Wildman–Crippen MR) is 103 cm³/mol. The standard InChI is InChI=1S/C20H24N2O4S/c1-13-4-6-15(27-13)10-21-11-16-19(12-21)26-20(23)22(16)9-14-5-7-17(24-2)18(8-14)25-3/h4-8,16,19H,9-12H2,1-3H3/t16-,19+/m0/s1. The number of hydrogen-bond donors (Lipinski definition) is 0. The lowest BCUT2D eigenvalue weighted by molar-refractivity contribution is 0.119. The number of ether oxygens (including phenoxy) is 3. The van der Waals surface area contributed by atoms with E-state index in [2.05, 4.69) is 24.0 Å². The van der Waals surface area contributed by atoms with Crippen LogP contribution >= 0.6 is 11.3 Å². The molecule has 6 nitrogen and oxygen atoms in total. The summed E-state index contributed by atoms with van der Waals surface area (Å²) in [6.07, 6.45) is -0.287. The molecule has 0 saturated carbocycles. The monoisotopic (exact) mass is 388 g/mol. The Morgan fingerprint density at radius 3 is 2.63 bits per heavy atom. The van der Waals surface area contributed by atoms with E-state index in [1.807, 2.05) is 34.4 Å². The van der Waals surface area contributed by atoms with Crippen LogP contribution < -0.4 is 9.47 Å². The number of methoxy groups -OCH3 is 2. The first-order valence-electron chi connectivity index (χ1n) is 9.03. The molecular formula is C20H24N2O4S. The van der Waals surface area contributed by atoms with Gasteiger partial charge in [-0.15, -0.1) is 11.3 Å². The number of thiophene rings is 1. The van der Waals surface area contributed by atoms with Crippen molar-refractivity contribution in [3.05, 3.63) is 45.6 Å². The van der Waals surface area contributed by atoms with E-state index in [1.165, 1.54) is 9.75 Å². The summed E-state index contributed by atoms with van der Waals surface area (Å²) in [5.74, 6) is 1.35. The summed E-state index contributed by atoms with van der Waals surface area (Å²) in [5, 5.41) is 0. The maximum absolute atomic E-state index is 12.4. The topological polar surface area (TPSA) is 51.2 Å². The third-order valence-electron chi connectivity index (χ3n) is 5.18. The van der Waals surface area contributed by atoms with Gasteiger partial charge in [-0.25, -0.2) is 4.79 Å². The molecule has 7 heteroatoms.